The molecule has 1 amide bonds. The summed E-state index contributed by atoms with van der Waals surface area (Å²) in [6, 6.07) is 0. The molecule has 0 aromatic carbocycles. The second kappa shape index (κ2) is 5.56. The van der Waals surface area contributed by atoms with Crippen LogP contribution in [-0.2, 0) is 9.53 Å². The summed E-state index contributed by atoms with van der Waals surface area (Å²) >= 11 is 0. The summed E-state index contributed by atoms with van der Waals surface area (Å²) in [7, 11) is 0. The van der Waals surface area contributed by atoms with Gasteiger partial charge in [-0.3, -0.25) is 4.79 Å². The molecule has 4 N–H and O–H groups in total. The Bertz CT molecular complexity index is 331. The predicted octanol–water partition coefficient (Wildman–Crippen LogP) is 0.588. The Balaban J connectivity index is 2.02. The highest BCUT2D eigenvalue weighted by Gasteiger charge is 2.41. The fourth-order valence-corrected chi connectivity index (χ4v) is 2.80. The van der Waals surface area contributed by atoms with Crippen molar-refractivity contribution in [1.82, 2.24) is 5.32 Å². The third kappa shape index (κ3) is 2.58. The van der Waals surface area contributed by atoms with Crippen LogP contribution in [0.2, 0.25) is 0 Å². The second-order valence-electron chi connectivity index (χ2n) is 5.18. The van der Waals surface area contributed by atoms with Gasteiger partial charge in [0.2, 0.25) is 5.91 Å². The molecule has 1 atom stereocenters. The second-order valence-corrected chi connectivity index (χ2v) is 5.18. The van der Waals surface area contributed by atoms with Gasteiger partial charge in [0.25, 0.3) is 0 Å². The first-order valence-corrected chi connectivity index (χ1v) is 6.56. The Labute approximate surface area is 107 Å². The van der Waals surface area contributed by atoms with Crippen molar-refractivity contribution < 1.29 is 14.7 Å². The molecule has 6 nitrogen and oxygen atoms in total. The molecule has 1 heterocycles. The number of carbonyl (C=O) groups is 1. The third-order valence-electron chi connectivity index (χ3n) is 3.95. The molecule has 1 aliphatic carbocycles. The van der Waals surface area contributed by atoms with Crippen molar-refractivity contribution in [3.8, 4) is 0 Å². The average Bonchev–Trinajstić information content (AvgIpc) is 2.88. The average molecular weight is 255 g/mol. The molecule has 18 heavy (non-hydrogen) atoms. The van der Waals surface area contributed by atoms with Crippen molar-refractivity contribution in [3.63, 3.8) is 0 Å². The molecule has 2 fully saturated rings. The molecule has 1 saturated heterocycles. The summed E-state index contributed by atoms with van der Waals surface area (Å²) in [6.45, 7) is 1.20. The van der Waals surface area contributed by atoms with Gasteiger partial charge in [0.05, 0.1) is 12.5 Å². The minimum absolute atomic E-state index is 0.0387. The van der Waals surface area contributed by atoms with Crippen LogP contribution >= 0.6 is 0 Å². The van der Waals surface area contributed by atoms with Gasteiger partial charge in [0, 0.05) is 6.61 Å². The first-order valence-electron chi connectivity index (χ1n) is 6.56. The van der Waals surface area contributed by atoms with Gasteiger partial charge in [0.15, 0.2) is 5.84 Å². The van der Waals surface area contributed by atoms with Gasteiger partial charge in [-0.1, -0.05) is 18.0 Å². The van der Waals surface area contributed by atoms with Crippen LogP contribution in [0.25, 0.3) is 0 Å². The molecule has 0 radical (unpaired) electrons. The molecule has 102 valence electrons. The summed E-state index contributed by atoms with van der Waals surface area (Å²) in [5, 5.41) is 14.9. The molecule has 2 rings (SSSR count). The van der Waals surface area contributed by atoms with E-state index in [4.69, 9.17) is 15.7 Å². The molecule has 2 aliphatic rings. The molecular formula is C12H21N3O3. The quantitative estimate of drug-likeness (QED) is 0.297. The Kier molecular flexibility index (Phi) is 4.06. The number of ether oxygens (including phenoxy) is 1. The van der Waals surface area contributed by atoms with Crippen LogP contribution in [0.1, 0.15) is 38.5 Å². The zero-order valence-corrected chi connectivity index (χ0v) is 10.5. The summed E-state index contributed by atoms with van der Waals surface area (Å²) in [6.07, 6.45) is 5.20. The number of oxime groups is 1. The number of nitrogens with one attached hydrogen (secondary N) is 1. The van der Waals surface area contributed by atoms with E-state index in [9.17, 15) is 4.79 Å². The Morgan fingerprint density at radius 2 is 2.11 bits per heavy atom. The predicted molar refractivity (Wildman–Crippen MR) is 66.3 cm³/mol. The molecule has 0 aromatic rings. The van der Waals surface area contributed by atoms with Gasteiger partial charge in [-0.05, 0) is 25.7 Å². The van der Waals surface area contributed by atoms with Gasteiger partial charge < -0.3 is 21.0 Å². The number of hydrogen-bond acceptors (Lipinski definition) is 4. The van der Waals surface area contributed by atoms with E-state index in [0.29, 0.717) is 6.61 Å². The van der Waals surface area contributed by atoms with Crippen molar-refractivity contribution in [2.24, 2.45) is 16.8 Å². The van der Waals surface area contributed by atoms with Crippen LogP contribution < -0.4 is 11.1 Å². The molecule has 0 bridgehead atoms. The molecule has 0 spiro atoms. The van der Waals surface area contributed by atoms with Crippen LogP contribution in [0.4, 0.5) is 0 Å². The lowest BCUT2D eigenvalue weighted by Crippen LogP contribution is -2.57. The fourth-order valence-electron chi connectivity index (χ4n) is 2.80. The highest BCUT2D eigenvalue weighted by atomic mass is 16.5. The zero-order valence-electron chi connectivity index (χ0n) is 10.5. The molecule has 1 unspecified atom stereocenters. The largest absolute Gasteiger partial charge is 0.409 e. The molecule has 6 heteroatoms. The number of hydrogen-bond donors (Lipinski definition) is 3. The third-order valence-corrected chi connectivity index (χ3v) is 3.95. The SMILES string of the molecule is NC(=NO)C1(NC(=O)C2CCCOC2)CCCC1. The fraction of sp³-hybridized carbons (Fsp3) is 0.833. The van der Waals surface area contributed by atoms with E-state index in [0.717, 1.165) is 45.1 Å². The lowest BCUT2D eigenvalue weighted by atomic mass is 9.93. The van der Waals surface area contributed by atoms with Gasteiger partial charge >= 0.3 is 0 Å². The number of rotatable bonds is 3. The van der Waals surface area contributed by atoms with E-state index in [1.54, 1.807) is 0 Å². The molecular weight excluding hydrogens is 234 g/mol. The molecule has 1 aliphatic heterocycles. The van der Waals surface area contributed by atoms with Crippen LogP contribution in [0.3, 0.4) is 0 Å². The van der Waals surface area contributed by atoms with Crippen molar-refractivity contribution >= 4 is 11.7 Å². The van der Waals surface area contributed by atoms with Crippen LogP contribution in [0, 0.1) is 5.92 Å². The number of carbonyl (C=O) groups excluding carboxylic acids is 1. The van der Waals surface area contributed by atoms with Crippen LogP contribution in [-0.4, -0.2) is 35.7 Å². The summed E-state index contributed by atoms with van der Waals surface area (Å²) in [4.78, 5) is 12.2. The number of nitrogens with zero attached hydrogens (tertiary/aromatic N) is 1. The smallest absolute Gasteiger partial charge is 0.226 e. The topological polar surface area (TPSA) is 96.9 Å². The lowest BCUT2D eigenvalue weighted by Gasteiger charge is -2.31. The van der Waals surface area contributed by atoms with Crippen LogP contribution in [0.5, 0.6) is 0 Å². The standard InChI is InChI=1S/C12H21N3O3/c13-11(15-17)12(5-1-2-6-12)14-10(16)9-4-3-7-18-8-9/h9,17H,1-8H2,(H2,13,15)(H,14,16). The van der Waals surface area contributed by atoms with E-state index >= 15 is 0 Å². The van der Waals surface area contributed by atoms with Crippen LogP contribution in [0.15, 0.2) is 5.16 Å². The lowest BCUT2D eigenvalue weighted by molar-refractivity contribution is -0.130. The summed E-state index contributed by atoms with van der Waals surface area (Å²) in [5.74, 6) is -0.0315. The number of amidine groups is 1. The van der Waals surface area contributed by atoms with Gasteiger partial charge in [-0.15, -0.1) is 0 Å². The van der Waals surface area contributed by atoms with E-state index in [1.165, 1.54) is 0 Å². The maximum atomic E-state index is 12.2. The van der Waals surface area contributed by atoms with Crippen molar-refractivity contribution in [2.45, 2.75) is 44.1 Å². The number of nitrogens with two attached hydrogens (primary N) is 1. The van der Waals surface area contributed by atoms with E-state index < -0.39 is 5.54 Å². The van der Waals surface area contributed by atoms with E-state index in [2.05, 4.69) is 10.5 Å². The Morgan fingerprint density at radius 1 is 1.39 bits per heavy atom. The zero-order chi connectivity index (χ0) is 13.0. The van der Waals surface area contributed by atoms with Gasteiger partial charge in [0.1, 0.15) is 5.54 Å². The number of amides is 1. The monoisotopic (exact) mass is 255 g/mol. The highest BCUT2D eigenvalue weighted by Crippen LogP contribution is 2.30. The summed E-state index contributed by atoms with van der Waals surface area (Å²) in [5.41, 5.74) is 5.10. The van der Waals surface area contributed by atoms with E-state index in [1.807, 2.05) is 0 Å². The molecule has 0 aromatic heterocycles. The Morgan fingerprint density at radius 3 is 2.67 bits per heavy atom. The normalized spacial score (nSPS) is 28.0. The van der Waals surface area contributed by atoms with Gasteiger partial charge in [-0.2, -0.15) is 0 Å². The molecule has 1 saturated carbocycles. The minimum atomic E-state index is -0.650. The van der Waals surface area contributed by atoms with Crippen molar-refractivity contribution in [2.75, 3.05) is 13.2 Å². The van der Waals surface area contributed by atoms with E-state index in [-0.39, 0.29) is 17.7 Å². The Hall–Kier alpha value is -1.30. The first kappa shape index (κ1) is 13.1. The summed E-state index contributed by atoms with van der Waals surface area (Å²) < 4.78 is 5.32. The highest BCUT2D eigenvalue weighted by molar-refractivity contribution is 5.94. The maximum absolute atomic E-state index is 12.2. The van der Waals surface area contributed by atoms with Crippen molar-refractivity contribution in [3.05, 3.63) is 0 Å². The first-order chi connectivity index (χ1) is 8.68. The maximum Gasteiger partial charge on any atom is 0.226 e. The minimum Gasteiger partial charge on any atom is -0.409 e. The van der Waals surface area contributed by atoms with Gasteiger partial charge in [-0.25, -0.2) is 0 Å². The van der Waals surface area contributed by atoms with Crippen molar-refractivity contribution in [1.29, 1.82) is 0 Å².